The van der Waals surface area contributed by atoms with E-state index < -0.39 is 6.29 Å². The Morgan fingerprint density at radius 2 is 2.18 bits per heavy atom. The van der Waals surface area contributed by atoms with Crippen molar-refractivity contribution < 1.29 is 9.84 Å². The van der Waals surface area contributed by atoms with Gasteiger partial charge in [0.15, 0.2) is 6.29 Å². The van der Waals surface area contributed by atoms with Crippen LogP contribution in [0.1, 0.15) is 26.2 Å². The molecule has 1 aliphatic heterocycles. The summed E-state index contributed by atoms with van der Waals surface area (Å²) >= 11 is 1.66. The predicted molar refractivity (Wildman–Crippen MR) is 45.0 cm³/mol. The van der Waals surface area contributed by atoms with E-state index in [1.807, 2.05) is 6.92 Å². The molecule has 3 heteroatoms. The van der Waals surface area contributed by atoms with Crippen molar-refractivity contribution in [1.82, 2.24) is 0 Å². The SMILES string of the molecule is CC#[C][Mg+2].OC1CCCCO1. The Morgan fingerprint density at radius 3 is 2.36 bits per heavy atom. The van der Waals surface area contributed by atoms with Crippen LogP contribution in [0.4, 0.5) is 0 Å². The molecule has 1 saturated heterocycles. The molecule has 57 valence electrons. The molecular weight excluding hydrogens is 152 g/mol. The van der Waals surface area contributed by atoms with E-state index in [0.717, 1.165) is 25.9 Å². The maximum atomic E-state index is 8.69. The van der Waals surface area contributed by atoms with Crippen LogP contribution in [0.15, 0.2) is 0 Å². The first-order chi connectivity index (χ1) is 5.31. The van der Waals surface area contributed by atoms with Gasteiger partial charge in [-0.25, -0.2) is 0 Å². The molecule has 0 spiro atoms. The van der Waals surface area contributed by atoms with E-state index >= 15 is 0 Å². The lowest BCUT2D eigenvalue weighted by molar-refractivity contribution is -0.123. The molecule has 1 N–H and O–H groups in total. The lowest BCUT2D eigenvalue weighted by Gasteiger charge is -2.16. The summed E-state index contributed by atoms with van der Waals surface area (Å²) in [6, 6.07) is 0. The van der Waals surface area contributed by atoms with Gasteiger partial charge in [0, 0.05) is 13.5 Å². The van der Waals surface area contributed by atoms with E-state index in [1.165, 1.54) is 0 Å². The van der Waals surface area contributed by atoms with E-state index in [-0.39, 0.29) is 0 Å². The smallest absolute Gasteiger partial charge is 0.368 e. The average molecular weight is 165 g/mol. The highest BCUT2D eigenvalue weighted by atomic mass is 24.4. The van der Waals surface area contributed by atoms with Gasteiger partial charge in [-0.05, 0) is 25.2 Å². The molecule has 0 bridgehead atoms. The van der Waals surface area contributed by atoms with E-state index in [9.17, 15) is 0 Å². The molecule has 0 aliphatic carbocycles. The summed E-state index contributed by atoms with van der Waals surface area (Å²) in [4.78, 5) is 0. The molecule has 1 rings (SSSR count). The minimum absolute atomic E-state index is 0.464. The zero-order chi connectivity index (χ0) is 8.53. The highest BCUT2D eigenvalue weighted by Crippen LogP contribution is 2.08. The van der Waals surface area contributed by atoms with Crippen molar-refractivity contribution in [1.29, 1.82) is 0 Å². The lowest BCUT2D eigenvalue weighted by Crippen LogP contribution is -2.17. The van der Waals surface area contributed by atoms with Crippen molar-refractivity contribution in [3.05, 3.63) is 0 Å². The Hall–Kier alpha value is 0.246. The molecule has 0 aromatic rings. The standard InChI is InChI=1S/C5H10O2.C3H3.Mg/c6-5-3-1-2-4-7-5;1-3-2;/h5-6H,1-4H2;1H3;/q;;+2. The van der Waals surface area contributed by atoms with Crippen molar-refractivity contribution in [2.75, 3.05) is 6.61 Å². The molecule has 2 nitrogen and oxygen atoms in total. The van der Waals surface area contributed by atoms with Crippen LogP contribution < -0.4 is 0 Å². The average Bonchev–Trinajstić information content (AvgIpc) is 2.07. The van der Waals surface area contributed by atoms with Crippen LogP contribution in [0.2, 0.25) is 0 Å². The van der Waals surface area contributed by atoms with Crippen molar-refractivity contribution in [2.45, 2.75) is 32.5 Å². The number of aliphatic hydroxyl groups excluding tert-OH is 1. The molecule has 11 heavy (non-hydrogen) atoms. The van der Waals surface area contributed by atoms with Gasteiger partial charge in [-0.15, -0.1) is 0 Å². The van der Waals surface area contributed by atoms with E-state index in [2.05, 4.69) is 9.97 Å². The van der Waals surface area contributed by atoms with E-state index in [4.69, 9.17) is 9.84 Å². The second-order valence-electron chi connectivity index (χ2n) is 2.25. The number of hydrogen-bond acceptors (Lipinski definition) is 2. The van der Waals surface area contributed by atoms with Crippen molar-refractivity contribution in [3.63, 3.8) is 0 Å². The van der Waals surface area contributed by atoms with Crippen LogP contribution in [0.25, 0.3) is 0 Å². The molecule has 1 unspecified atom stereocenters. The number of aliphatic hydroxyl groups is 1. The molecule has 0 amide bonds. The van der Waals surface area contributed by atoms with Crippen molar-refractivity contribution in [2.24, 2.45) is 0 Å². The molecular formula is C8H13MgO2+2. The summed E-state index contributed by atoms with van der Waals surface area (Å²) in [5.74, 6) is 2.69. The maximum absolute atomic E-state index is 8.69. The summed E-state index contributed by atoms with van der Waals surface area (Å²) in [5.41, 5.74) is 0. The zero-order valence-corrected chi connectivity index (χ0v) is 8.38. The minimum Gasteiger partial charge on any atom is -0.368 e. The third-order valence-corrected chi connectivity index (χ3v) is 1.69. The summed E-state index contributed by atoms with van der Waals surface area (Å²) in [6.45, 7) is 2.56. The molecule has 0 aromatic carbocycles. The van der Waals surface area contributed by atoms with Crippen LogP contribution >= 0.6 is 0 Å². The Bertz CT molecular complexity index is 125. The molecule has 0 saturated carbocycles. The monoisotopic (exact) mass is 165 g/mol. The Morgan fingerprint density at radius 1 is 1.55 bits per heavy atom. The highest BCUT2D eigenvalue weighted by Gasteiger charge is 2.17. The van der Waals surface area contributed by atoms with Crippen LogP contribution in [0, 0.1) is 9.97 Å². The van der Waals surface area contributed by atoms with Gasteiger partial charge in [-0.3, -0.25) is 0 Å². The van der Waals surface area contributed by atoms with Gasteiger partial charge < -0.3 is 9.84 Å². The minimum atomic E-state index is -0.464. The van der Waals surface area contributed by atoms with Gasteiger partial charge in [0.05, 0.1) is 0 Å². The van der Waals surface area contributed by atoms with Gasteiger partial charge in [-0.2, -0.15) is 0 Å². The largest absolute Gasteiger partial charge is 1.54 e. The fourth-order valence-corrected chi connectivity index (χ4v) is 0.724. The fourth-order valence-electron chi connectivity index (χ4n) is 0.724. The summed E-state index contributed by atoms with van der Waals surface area (Å²) < 4.78 is 7.54. The molecule has 7 radical (unpaired) electrons. The first-order valence-electron chi connectivity index (χ1n) is 3.79. The van der Waals surface area contributed by atoms with Gasteiger partial charge >= 0.3 is 25.8 Å². The number of ether oxygens (including phenoxy) is 1. The Labute approximate surface area is 80.8 Å². The fraction of sp³-hybridized carbons (Fsp3) is 0.750. The summed E-state index contributed by atoms with van der Waals surface area (Å²) in [5, 5.41) is 8.69. The zero-order valence-electron chi connectivity index (χ0n) is 6.97. The van der Waals surface area contributed by atoms with E-state index in [1.54, 1.807) is 21.7 Å². The molecule has 1 aliphatic rings. The van der Waals surface area contributed by atoms with Crippen LogP contribution in [0.5, 0.6) is 0 Å². The topological polar surface area (TPSA) is 29.5 Å². The first-order valence-corrected chi connectivity index (χ1v) is 4.50. The number of hydrogen-bond donors (Lipinski definition) is 1. The first kappa shape index (κ1) is 11.2. The third-order valence-electron chi connectivity index (χ3n) is 1.33. The molecule has 1 heterocycles. The van der Waals surface area contributed by atoms with Crippen LogP contribution in [-0.4, -0.2) is 39.7 Å². The van der Waals surface area contributed by atoms with Gasteiger partial charge in [0.25, 0.3) is 0 Å². The highest BCUT2D eigenvalue weighted by molar-refractivity contribution is 6.22. The number of rotatable bonds is 0. The Balaban J connectivity index is 0.000000218. The normalized spacial score (nSPS) is 22.3. The molecule has 1 fully saturated rings. The molecule has 0 aromatic heterocycles. The summed E-state index contributed by atoms with van der Waals surface area (Å²) in [7, 11) is 0. The van der Waals surface area contributed by atoms with Crippen LogP contribution in [-0.2, 0) is 4.74 Å². The van der Waals surface area contributed by atoms with Crippen LogP contribution in [0.3, 0.4) is 0 Å². The maximum Gasteiger partial charge on any atom is 1.54 e. The quantitative estimate of drug-likeness (QED) is 0.422. The lowest BCUT2D eigenvalue weighted by atomic mass is 10.2. The molecule has 1 atom stereocenters. The predicted octanol–water partition coefficient (Wildman–Crippen LogP) is 0.641. The van der Waals surface area contributed by atoms with E-state index in [0.29, 0.717) is 0 Å². The van der Waals surface area contributed by atoms with Gasteiger partial charge in [0.2, 0.25) is 0 Å². The van der Waals surface area contributed by atoms with Gasteiger partial charge in [0.1, 0.15) is 0 Å². The van der Waals surface area contributed by atoms with Crippen molar-refractivity contribution in [3.8, 4) is 9.97 Å². The van der Waals surface area contributed by atoms with Gasteiger partial charge in [-0.1, -0.05) is 0 Å². The Kier molecular flexibility index (Phi) is 8.53. The van der Waals surface area contributed by atoms with Crippen molar-refractivity contribution >= 4 is 21.7 Å². The second-order valence-corrected chi connectivity index (χ2v) is 2.60. The summed E-state index contributed by atoms with van der Waals surface area (Å²) in [6.07, 6.45) is 2.58. The third kappa shape index (κ3) is 8.15. The second kappa shape index (κ2) is 8.34.